The van der Waals surface area contributed by atoms with Crippen LogP contribution in [0.5, 0.6) is 0 Å². The lowest BCUT2D eigenvalue weighted by molar-refractivity contribution is 0.578. The van der Waals surface area contributed by atoms with Gasteiger partial charge < -0.3 is 5.32 Å². The third-order valence-corrected chi connectivity index (χ3v) is 3.84. The summed E-state index contributed by atoms with van der Waals surface area (Å²) in [6, 6.07) is 9.55. The molecule has 0 aliphatic heterocycles. The van der Waals surface area contributed by atoms with E-state index in [4.69, 9.17) is 11.6 Å². The van der Waals surface area contributed by atoms with Crippen molar-refractivity contribution in [1.82, 2.24) is 0 Å². The first-order valence-corrected chi connectivity index (χ1v) is 7.35. The van der Waals surface area contributed by atoms with E-state index in [1.165, 1.54) is 6.07 Å². The van der Waals surface area contributed by atoms with Crippen molar-refractivity contribution in [3.63, 3.8) is 0 Å². The summed E-state index contributed by atoms with van der Waals surface area (Å²) in [4.78, 5) is 0. The third kappa shape index (κ3) is 3.49. The van der Waals surface area contributed by atoms with E-state index >= 15 is 0 Å². The van der Waals surface area contributed by atoms with Crippen LogP contribution in [0.3, 0.4) is 0 Å². The van der Waals surface area contributed by atoms with Gasteiger partial charge in [0.1, 0.15) is 11.6 Å². The monoisotopic (exact) mass is 359 g/mol. The van der Waals surface area contributed by atoms with Gasteiger partial charge in [-0.1, -0.05) is 30.7 Å². The molecule has 0 heterocycles. The predicted octanol–water partition coefficient (Wildman–Crippen LogP) is 5.94. The van der Waals surface area contributed by atoms with Crippen LogP contribution in [0.4, 0.5) is 14.5 Å². The van der Waals surface area contributed by atoms with Crippen LogP contribution in [0.2, 0.25) is 5.02 Å². The average Bonchev–Trinajstić information content (AvgIpc) is 2.41. The summed E-state index contributed by atoms with van der Waals surface area (Å²) in [5.74, 6) is -1.24. The second kappa shape index (κ2) is 6.55. The van der Waals surface area contributed by atoms with E-state index in [-0.39, 0.29) is 16.2 Å². The minimum absolute atomic E-state index is 0.0967. The molecular formula is C15H13BrClF2N. The summed E-state index contributed by atoms with van der Waals surface area (Å²) in [6.07, 6.45) is 0.745. The highest BCUT2D eigenvalue weighted by Gasteiger charge is 2.14. The fourth-order valence-corrected chi connectivity index (χ4v) is 2.51. The van der Waals surface area contributed by atoms with Crippen molar-refractivity contribution in [3.8, 4) is 0 Å². The Morgan fingerprint density at radius 3 is 2.60 bits per heavy atom. The lowest BCUT2D eigenvalue weighted by Crippen LogP contribution is -2.11. The minimum atomic E-state index is -0.621. The third-order valence-electron chi connectivity index (χ3n) is 3.00. The molecule has 1 N–H and O–H groups in total. The van der Waals surface area contributed by atoms with Crippen LogP contribution >= 0.6 is 27.5 Å². The van der Waals surface area contributed by atoms with Crippen molar-refractivity contribution in [2.75, 3.05) is 5.32 Å². The molecule has 2 rings (SSSR count). The Morgan fingerprint density at radius 2 is 1.95 bits per heavy atom. The molecule has 106 valence electrons. The number of nitrogens with one attached hydrogen (secondary N) is 1. The maximum atomic E-state index is 13.8. The van der Waals surface area contributed by atoms with Crippen LogP contribution in [0.15, 0.2) is 40.9 Å². The van der Waals surface area contributed by atoms with E-state index < -0.39 is 11.6 Å². The summed E-state index contributed by atoms with van der Waals surface area (Å²) in [5.41, 5.74) is 1.21. The van der Waals surface area contributed by atoms with Crippen LogP contribution in [0.1, 0.15) is 24.9 Å². The maximum Gasteiger partial charge on any atom is 0.149 e. The van der Waals surface area contributed by atoms with Gasteiger partial charge in [0.25, 0.3) is 0 Å². The van der Waals surface area contributed by atoms with Gasteiger partial charge in [-0.3, -0.25) is 0 Å². The van der Waals surface area contributed by atoms with Crippen LogP contribution < -0.4 is 5.32 Å². The Morgan fingerprint density at radius 1 is 1.20 bits per heavy atom. The zero-order chi connectivity index (χ0) is 14.7. The molecule has 2 aromatic carbocycles. The smallest absolute Gasteiger partial charge is 0.149 e. The number of benzene rings is 2. The van der Waals surface area contributed by atoms with Crippen LogP contribution in [0, 0.1) is 11.6 Å². The van der Waals surface area contributed by atoms with Gasteiger partial charge in [-0.25, -0.2) is 8.78 Å². The van der Waals surface area contributed by atoms with E-state index in [1.54, 1.807) is 6.07 Å². The highest BCUT2D eigenvalue weighted by Crippen LogP contribution is 2.29. The number of hydrogen-bond donors (Lipinski definition) is 1. The zero-order valence-corrected chi connectivity index (χ0v) is 13.1. The normalized spacial score (nSPS) is 12.2. The topological polar surface area (TPSA) is 12.0 Å². The number of hydrogen-bond acceptors (Lipinski definition) is 1. The summed E-state index contributed by atoms with van der Waals surface area (Å²) in [5, 5.41) is 3.71. The molecule has 0 saturated heterocycles. The second-order valence-electron chi connectivity index (χ2n) is 4.41. The summed E-state index contributed by atoms with van der Waals surface area (Å²) < 4.78 is 27.2. The lowest BCUT2D eigenvalue weighted by Gasteiger charge is -2.19. The fourth-order valence-electron chi connectivity index (χ4n) is 1.97. The van der Waals surface area contributed by atoms with Crippen molar-refractivity contribution in [2.45, 2.75) is 19.4 Å². The largest absolute Gasteiger partial charge is 0.376 e. The molecule has 0 aromatic heterocycles. The minimum Gasteiger partial charge on any atom is -0.376 e. The molecule has 0 radical (unpaired) electrons. The molecule has 1 unspecified atom stereocenters. The van der Waals surface area contributed by atoms with E-state index in [9.17, 15) is 8.78 Å². The predicted molar refractivity (Wildman–Crippen MR) is 82.2 cm³/mol. The van der Waals surface area contributed by atoms with Gasteiger partial charge in [-0.15, -0.1) is 0 Å². The highest BCUT2D eigenvalue weighted by atomic mass is 79.9. The molecule has 0 bridgehead atoms. The van der Waals surface area contributed by atoms with Gasteiger partial charge in [0.15, 0.2) is 0 Å². The van der Waals surface area contributed by atoms with Crippen molar-refractivity contribution < 1.29 is 8.78 Å². The van der Waals surface area contributed by atoms with E-state index in [1.807, 2.05) is 25.1 Å². The summed E-state index contributed by atoms with van der Waals surface area (Å²) >= 11 is 9.02. The Kier molecular flexibility index (Phi) is 5.00. The summed E-state index contributed by atoms with van der Waals surface area (Å²) in [7, 11) is 0. The highest BCUT2D eigenvalue weighted by molar-refractivity contribution is 9.10. The average molecular weight is 361 g/mol. The Balaban J connectivity index is 2.29. The molecular weight excluding hydrogens is 348 g/mol. The molecule has 0 fully saturated rings. The van der Waals surface area contributed by atoms with E-state index in [0.29, 0.717) is 5.02 Å². The maximum absolute atomic E-state index is 13.8. The van der Waals surface area contributed by atoms with Gasteiger partial charge in [0.05, 0.1) is 16.2 Å². The molecule has 0 aliphatic carbocycles. The van der Waals surface area contributed by atoms with Gasteiger partial charge in [-0.05, 0) is 46.1 Å². The van der Waals surface area contributed by atoms with Crippen molar-refractivity contribution >= 4 is 33.2 Å². The molecule has 0 aliphatic rings. The van der Waals surface area contributed by atoms with Gasteiger partial charge in [0.2, 0.25) is 0 Å². The van der Waals surface area contributed by atoms with Crippen LogP contribution in [-0.2, 0) is 0 Å². The first kappa shape index (κ1) is 15.3. The lowest BCUT2D eigenvalue weighted by atomic mass is 10.0. The van der Waals surface area contributed by atoms with Crippen molar-refractivity contribution in [3.05, 3.63) is 63.1 Å². The Bertz CT molecular complexity index is 619. The fraction of sp³-hybridized carbons (Fsp3) is 0.200. The Hall–Kier alpha value is -1.13. The standard InChI is InChI=1S/C15H13BrClF2N/c1-2-14(9-4-3-5-10(17)6-9)20-15-7-11(16)12(18)8-13(15)19/h3-8,14,20H,2H2,1H3. The van der Waals surface area contributed by atoms with Crippen LogP contribution in [-0.4, -0.2) is 0 Å². The summed E-state index contributed by atoms with van der Waals surface area (Å²) in [6.45, 7) is 1.98. The molecule has 0 spiro atoms. The molecule has 2 aromatic rings. The number of anilines is 1. The molecule has 5 heteroatoms. The Labute approximate surface area is 130 Å². The van der Waals surface area contributed by atoms with Gasteiger partial charge >= 0.3 is 0 Å². The first-order chi connectivity index (χ1) is 9.51. The van der Waals surface area contributed by atoms with Crippen molar-refractivity contribution in [2.24, 2.45) is 0 Å². The van der Waals surface area contributed by atoms with Crippen molar-refractivity contribution in [1.29, 1.82) is 0 Å². The second-order valence-corrected chi connectivity index (χ2v) is 5.70. The van der Waals surface area contributed by atoms with E-state index in [2.05, 4.69) is 21.2 Å². The molecule has 1 atom stereocenters. The molecule has 1 nitrogen and oxygen atoms in total. The first-order valence-electron chi connectivity index (χ1n) is 6.17. The zero-order valence-electron chi connectivity index (χ0n) is 10.8. The quantitative estimate of drug-likeness (QED) is 0.665. The van der Waals surface area contributed by atoms with Gasteiger partial charge in [0, 0.05) is 11.1 Å². The van der Waals surface area contributed by atoms with Gasteiger partial charge in [-0.2, -0.15) is 0 Å². The SMILES string of the molecule is CCC(Nc1cc(Br)c(F)cc1F)c1cccc(Cl)c1. The number of rotatable bonds is 4. The molecule has 0 saturated carbocycles. The number of halogens is 4. The molecule has 20 heavy (non-hydrogen) atoms. The molecule has 0 amide bonds. The van der Waals surface area contributed by atoms with E-state index in [0.717, 1.165) is 18.1 Å². The van der Waals surface area contributed by atoms with Crippen LogP contribution in [0.25, 0.3) is 0 Å².